The normalized spacial score (nSPS) is 10.8. The summed E-state index contributed by atoms with van der Waals surface area (Å²) in [6.45, 7) is 2.68. The molecule has 25 heavy (non-hydrogen) atoms. The number of halogens is 1. The Kier molecular flexibility index (Phi) is 5.57. The Bertz CT molecular complexity index is 1020. The molecule has 1 heterocycles. The van der Waals surface area contributed by atoms with E-state index < -0.39 is 0 Å². The lowest BCUT2D eigenvalue weighted by molar-refractivity contribution is 0.584. The monoisotopic (exact) mass is 413 g/mol. The summed E-state index contributed by atoms with van der Waals surface area (Å²) >= 11 is 4.94. The van der Waals surface area contributed by atoms with E-state index in [0.29, 0.717) is 33.9 Å². The van der Waals surface area contributed by atoms with Crippen molar-refractivity contribution in [3.05, 3.63) is 68.4 Å². The van der Waals surface area contributed by atoms with Crippen LogP contribution in [0.1, 0.15) is 24.5 Å². The van der Waals surface area contributed by atoms with Crippen LogP contribution in [0, 0.1) is 11.3 Å². The first-order chi connectivity index (χ1) is 12.1. The van der Waals surface area contributed by atoms with Crippen LogP contribution in [0.5, 0.6) is 0 Å². The minimum Gasteiger partial charge on any atom is -0.287 e. The van der Waals surface area contributed by atoms with Crippen molar-refractivity contribution >= 4 is 38.6 Å². The van der Waals surface area contributed by atoms with Crippen molar-refractivity contribution in [1.82, 2.24) is 9.55 Å². The lowest BCUT2D eigenvalue weighted by Crippen LogP contribution is -2.23. The summed E-state index contributed by atoms with van der Waals surface area (Å²) < 4.78 is 2.61. The number of rotatable bonds is 5. The number of hydrogen-bond acceptors (Lipinski definition) is 4. The maximum Gasteiger partial charge on any atom is 0.262 e. The standard InChI is InChI=1S/C19H16BrN3OS/c1-2-8-23-18(24)16-10-15(20)6-7-17(16)22-19(23)25-12-14-5-3-4-13(9-14)11-21/h3-7,9-10H,2,8,12H2,1H3. The van der Waals surface area contributed by atoms with E-state index in [0.717, 1.165) is 16.5 Å². The van der Waals surface area contributed by atoms with Gasteiger partial charge in [0.1, 0.15) is 0 Å². The predicted octanol–water partition coefficient (Wildman–Crippen LogP) is 4.73. The minimum absolute atomic E-state index is 0.0126. The van der Waals surface area contributed by atoms with E-state index in [1.54, 1.807) is 10.6 Å². The highest BCUT2D eigenvalue weighted by Crippen LogP contribution is 2.24. The fourth-order valence-corrected chi connectivity index (χ4v) is 3.91. The maximum atomic E-state index is 12.8. The SMILES string of the molecule is CCCn1c(SCc2cccc(C#N)c2)nc2ccc(Br)cc2c1=O. The van der Waals surface area contributed by atoms with Crippen LogP contribution in [0.2, 0.25) is 0 Å². The van der Waals surface area contributed by atoms with Crippen molar-refractivity contribution in [3.8, 4) is 6.07 Å². The molecule has 126 valence electrons. The van der Waals surface area contributed by atoms with Crippen LogP contribution >= 0.6 is 27.7 Å². The zero-order chi connectivity index (χ0) is 17.8. The van der Waals surface area contributed by atoms with Crippen molar-refractivity contribution < 1.29 is 0 Å². The van der Waals surface area contributed by atoms with Gasteiger partial charge in [0.25, 0.3) is 5.56 Å². The molecule has 3 aromatic rings. The molecule has 0 spiro atoms. The zero-order valence-electron chi connectivity index (χ0n) is 13.7. The lowest BCUT2D eigenvalue weighted by atomic mass is 10.2. The number of nitrogens with zero attached hydrogens (tertiary/aromatic N) is 3. The molecule has 0 aliphatic carbocycles. The molecule has 0 saturated heterocycles. The summed E-state index contributed by atoms with van der Waals surface area (Å²) in [6, 6.07) is 15.2. The predicted molar refractivity (Wildman–Crippen MR) is 105 cm³/mol. The highest BCUT2D eigenvalue weighted by Gasteiger charge is 2.12. The van der Waals surface area contributed by atoms with Gasteiger partial charge in [-0.25, -0.2) is 4.98 Å². The molecule has 0 radical (unpaired) electrons. The molecule has 0 aliphatic rings. The molecule has 4 nitrogen and oxygen atoms in total. The van der Waals surface area contributed by atoms with Crippen LogP contribution < -0.4 is 5.56 Å². The van der Waals surface area contributed by atoms with E-state index in [9.17, 15) is 4.79 Å². The number of hydrogen-bond donors (Lipinski definition) is 0. The summed E-state index contributed by atoms with van der Waals surface area (Å²) in [6.07, 6.45) is 0.860. The van der Waals surface area contributed by atoms with Crippen LogP contribution in [0.4, 0.5) is 0 Å². The fourth-order valence-electron chi connectivity index (χ4n) is 2.58. The van der Waals surface area contributed by atoms with E-state index in [4.69, 9.17) is 10.2 Å². The highest BCUT2D eigenvalue weighted by molar-refractivity contribution is 9.10. The smallest absolute Gasteiger partial charge is 0.262 e. The van der Waals surface area contributed by atoms with Gasteiger partial charge in [-0.2, -0.15) is 5.26 Å². The molecule has 3 rings (SSSR count). The first-order valence-corrected chi connectivity index (χ1v) is 9.72. The Labute approximate surface area is 158 Å². The molecule has 0 N–H and O–H groups in total. The molecule has 2 aromatic carbocycles. The third-order valence-electron chi connectivity index (χ3n) is 3.75. The van der Waals surface area contributed by atoms with E-state index >= 15 is 0 Å². The molecule has 6 heteroatoms. The molecule has 0 unspecified atom stereocenters. The molecule has 1 aromatic heterocycles. The summed E-state index contributed by atoms with van der Waals surface area (Å²) in [5, 5.41) is 10.4. The molecule has 0 aliphatic heterocycles. The van der Waals surface area contributed by atoms with Gasteiger partial charge >= 0.3 is 0 Å². The third-order valence-corrected chi connectivity index (χ3v) is 5.29. The number of aromatic nitrogens is 2. The van der Waals surface area contributed by atoms with Gasteiger partial charge in [0.2, 0.25) is 0 Å². The Morgan fingerprint density at radius 1 is 1.28 bits per heavy atom. The second kappa shape index (κ2) is 7.85. The Hall–Kier alpha value is -2.10. The molecule has 0 bridgehead atoms. The second-order valence-corrected chi connectivity index (χ2v) is 7.47. The zero-order valence-corrected chi connectivity index (χ0v) is 16.1. The van der Waals surface area contributed by atoms with Gasteiger partial charge in [0.05, 0.1) is 22.5 Å². The van der Waals surface area contributed by atoms with E-state index in [1.165, 1.54) is 11.8 Å². The quantitative estimate of drug-likeness (QED) is 0.447. The molecule has 0 fully saturated rings. The van der Waals surface area contributed by atoms with Gasteiger partial charge in [-0.1, -0.05) is 46.7 Å². The number of nitriles is 1. The first-order valence-electron chi connectivity index (χ1n) is 7.94. The van der Waals surface area contributed by atoms with Crippen molar-refractivity contribution in [2.75, 3.05) is 0 Å². The number of thioether (sulfide) groups is 1. The average molecular weight is 414 g/mol. The van der Waals surface area contributed by atoms with Crippen molar-refractivity contribution in [2.45, 2.75) is 30.8 Å². The molecular formula is C19H16BrN3OS. The highest BCUT2D eigenvalue weighted by atomic mass is 79.9. The van der Waals surface area contributed by atoms with Crippen LogP contribution in [0.15, 0.2) is 56.9 Å². The van der Waals surface area contributed by atoms with Gasteiger partial charge in [-0.3, -0.25) is 9.36 Å². The number of fused-ring (bicyclic) bond motifs is 1. The third kappa shape index (κ3) is 3.94. The van der Waals surface area contributed by atoms with Crippen molar-refractivity contribution in [2.24, 2.45) is 0 Å². The van der Waals surface area contributed by atoms with Crippen LogP contribution in [0.25, 0.3) is 10.9 Å². The number of benzene rings is 2. The van der Waals surface area contributed by atoms with Crippen LogP contribution in [0.3, 0.4) is 0 Å². The van der Waals surface area contributed by atoms with Crippen molar-refractivity contribution in [3.63, 3.8) is 0 Å². The van der Waals surface area contributed by atoms with Crippen LogP contribution in [-0.2, 0) is 12.3 Å². The van der Waals surface area contributed by atoms with Gasteiger partial charge in [-0.05, 0) is 42.3 Å². The fraction of sp³-hybridized carbons (Fsp3) is 0.211. The van der Waals surface area contributed by atoms with Crippen molar-refractivity contribution in [1.29, 1.82) is 5.26 Å². The largest absolute Gasteiger partial charge is 0.287 e. The van der Waals surface area contributed by atoms with E-state index in [1.807, 2.05) is 43.3 Å². The summed E-state index contributed by atoms with van der Waals surface area (Å²) in [5.41, 5.74) is 2.37. The van der Waals surface area contributed by atoms with Gasteiger partial charge in [0.15, 0.2) is 5.16 Å². The Morgan fingerprint density at radius 3 is 2.88 bits per heavy atom. The molecule has 0 atom stereocenters. The maximum absolute atomic E-state index is 12.8. The average Bonchev–Trinajstić information content (AvgIpc) is 2.63. The van der Waals surface area contributed by atoms with Gasteiger partial charge in [-0.15, -0.1) is 0 Å². The van der Waals surface area contributed by atoms with Gasteiger partial charge < -0.3 is 0 Å². The topological polar surface area (TPSA) is 58.7 Å². The lowest BCUT2D eigenvalue weighted by Gasteiger charge is -2.12. The van der Waals surface area contributed by atoms with Gasteiger partial charge in [0, 0.05) is 16.8 Å². The first kappa shape index (κ1) is 17.7. The Morgan fingerprint density at radius 2 is 2.12 bits per heavy atom. The van der Waals surface area contributed by atoms with E-state index in [2.05, 4.69) is 22.0 Å². The Balaban J connectivity index is 1.99. The van der Waals surface area contributed by atoms with E-state index in [-0.39, 0.29) is 5.56 Å². The minimum atomic E-state index is -0.0126. The second-order valence-electron chi connectivity index (χ2n) is 5.61. The molecule has 0 saturated carbocycles. The van der Waals surface area contributed by atoms with Crippen LogP contribution in [-0.4, -0.2) is 9.55 Å². The summed E-state index contributed by atoms with van der Waals surface area (Å²) in [5.74, 6) is 0.660. The summed E-state index contributed by atoms with van der Waals surface area (Å²) in [4.78, 5) is 17.5. The molecular weight excluding hydrogens is 398 g/mol. The molecule has 0 amide bonds. The summed E-state index contributed by atoms with van der Waals surface area (Å²) in [7, 11) is 0.